The first-order chi connectivity index (χ1) is 8.40. The molecule has 0 bridgehead atoms. The summed E-state index contributed by atoms with van der Waals surface area (Å²) in [6.45, 7) is 1.36. The Morgan fingerprint density at radius 3 is 2.61 bits per heavy atom. The molecule has 1 atom stereocenters. The normalized spacial score (nSPS) is 20.5. The molecule has 1 aliphatic heterocycles. The van der Waals surface area contributed by atoms with Crippen LogP contribution in [0.2, 0.25) is 0 Å². The molecule has 0 radical (unpaired) electrons. The van der Waals surface area contributed by atoms with E-state index in [1.54, 1.807) is 6.07 Å². The molecule has 2 nitrogen and oxygen atoms in total. The monoisotopic (exact) mass is 323 g/mol. The minimum atomic E-state index is -4.34. The fourth-order valence-electron chi connectivity index (χ4n) is 2.14. The largest absolute Gasteiger partial charge is 0.416 e. The predicted octanol–water partition coefficient (Wildman–Crippen LogP) is 3.29. The second-order valence-corrected chi connectivity index (χ2v) is 5.39. The lowest BCUT2D eigenvalue weighted by atomic mass is 10.1. The summed E-state index contributed by atoms with van der Waals surface area (Å²) in [4.78, 5) is 1.88. The van der Waals surface area contributed by atoms with Crippen molar-refractivity contribution >= 4 is 21.6 Å². The lowest BCUT2D eigenvalue weighted by molar-refractivity contribution is -0.137. The molecule has 6 heteroatoms. The fourth-order valence-corrected chi connectivity index (χ4v) is 2.62. The third-order valence-corrected chi connectivity index (χ3v) is 3.58. The van der Waals surface area contributed by atoms with Crippen molar-refractivity contribution in [3.8, 4) is 0 Å². The molecular formula is C12H13BrF3NO. The van der Waals surface area contributed by atoms with Crippen molar-refractivity contribution in [1.82, 2.24) is 0 Å². The van der Waals surface area contributed by atoms with Gasteiger partial charge >= 0.3 is 6.18 Å². The number of halogens is 4. The van der Waals surface area contributed by atoms with Crippen LogP contribution in [0.25, 0.3) is 0 Å². The highest BCUT2D eigenvalue weighted by Gasteiger charge is 2.32. The van der Waals surface area contributed by atoms with Gasteiger partial charge in [-0.1, -0.05) is 15.9 Å². The Kier molecular flexibility index (Phi) is 3.87. The molecule has 1 aromatic carbocycles. The first kappa shape index (κ1) is 13.7. The average Bonchev–Trinajstić information content (AvgIpc) is 2.75. The summed E-state index contributed by atoms with van der Waals surface area (Å²) < 4.78 is 38.5. The van der Waals surface area contributed by atoms with Gasteiger partial charge in [0.1, 0.15) is 0 Å². The van der Waals surface area contributed by atoms with E-state index in [4.69, 9.17) is 5.11 Å². The van der Waals surface area contributed by atoms with Gasteiger partial charge in [-0.25, -0.2) is 0 Å². The quantitative estimate of drug-likeness (QED) is 0.902. The van der Waals surface area contributed by atoms with Gasteiger partial charge in [-0.15, -0.1) is 0 Å². The molecule has 2 rings (SSSR count). The van der Waals surface area contributed by atoms with Crippen LogP contribution in [0.15, 0.2) is 22.7 Å². The lowest BCUT2D eigenvalue weighted by Crippen LogP contribution is -2.21. The number of nitrogens with zero attached hydrogens (tertiary/aromatic N) is 1. The zero-order chi connectivity index (χ0) is 13.3. The zero-order valence-electron chi connectivity index (χ0n) is 9.54. The number of rotatable bonds is 2. The van der Waals surface area contributed by atoms with E-state index in [2.05, 4.69) is 15.9 Å². The maximum atomic E-state index is 12.7. The molecular weight excluding hydrogens is 311 g/mol. The number of hydrogen-bond donors (Lipinski definition) is 1. The number of aliphatic hydroxyl groups excluding tert-OH is 1. The van der Waals surface area contributed by atoms with E-state index < -0.39 is 11.7 Å². The molecule has 0 amide bonds. The van der Waals surface area contributed by atoms with E-state index in [1.165, 1.54) is 0 Å². The summed E-state index contributed by atoms with van der Waals surface area (Å²) in [5, 5.41) is 9.05. The van der Waals surface area contributed by atoms with Gasteiger partial charge in [-0.05, 0) is 24.6 Å². The van der Waals surface area contributed by atoms with Gasteiger partial charge in [0.15, 0.2) is 0 Å². The lowest BCUT2D eigenvalue weighted by Gasteiger charge is -2.20. The molecule has 1 heterocycles. The van der Waals surface area contributed by atoms with Crippen molar-refractivity contribution in [2.75, 3.05) is 24.6 Å². The summed E-state index contributed by atoms with van der Waals surface area (Å²) in [7, 11) is 0. The highest BCUT2D eigenvalue weighted by Crippen LogP contribution is 2.35. The van der Waals surface area contributed by atoms with Crippen LogP contribution in [-0.4, -0.2) is 24.8 Å². The van der Waals surface area contributed by atoms with Crippen molar-refractivity contribution in [2.24, 2.45) is 5.92 Å². The molecule has 1 unspecified atom stereocenters. The Morgan fingerprint density at radius 2 is 2.06 bits per heavy atom. The third-order valence-electron chi connectivity index (χ3n) is 3.12. The third kappa shape index (κ3) is 2.98. The van der Waals surface area contributed by atoms with Crippen molar-refractivity contribution < 1.29 is 18.3 Å². The highest BCUT2D eigenvalue weighted by molar-refractivity contribution is 9.10. The van der Waals surface area contributed by atoms with Crippen molar-refractivity contribution in [2.45, 2.75) is 12.6 Å². The molecule has 100 valence electrons. The fraction of sp³-hybridized carbons (Fsp3) is 0.500. The summed E-state index contributed by atoms with van der Waals surface area (Å²) in [5.41, 5.74) is -0.105. The molecule has 1 aromatic rings. The van der Waals surface area contributed by atoms with Gasteiger partial charge in [-0.3, -0.25) is 0 Å². The summed E-state index contributed by atoms with van der Waals surface area (Å²) in [6, 6.07) is 3.91. The maximum Gasteiger partial charge on any atom is 0.416 e. The smallest absolute Gasteiger partial charge is 0.396 e. The SMILES string of the molecule is OCC1CCN(c2cc(Br)cc(C(F)(F)F)c2)C1. The van der Waals surface area contributed by atoms with Crippen LogP contribution in [0.4, 0.5) is 18.9 Å². The first-order valence-electron chi connectivity index (χ1n) is 5.64. The van der Waals surface area contributed by atoms with Crippen molar-refractivity contribution in [3.63, 3.8) is 0 Å². The Balaban J connectivity index is 2.26. The van der Waals surface area contributed by atoms with Gasteiger partial charge < -0.3 is 10.0 Å². The van der Waals surface area contributed by atoms with E-state index in [9.17, 15) is 13.2 Å². The van der Waals surface area contributed by atoms with Gasteiger partial charge in [0, 0.05) is 35.8 Å². The molecule has 1 saturated heterocycles. The second kappa shape index (κ2) is 5.09. The average molecular weight is 324 g/mol. The molecule has 1 fully saturated rings. The molecule has 0 saturated carbocycles. The molecule has 18 heavy (non-hydrogen) atoms. The summed E-state index contributed by atoms with van der Waals surface area (Å²) in [6.07, 6.45) is -3.53. The standard InChI is InChI=1S/C12H13BrF3NO/c13-10-3-9(12(14,15)16)4-11(5-10)17-2-1-8(6-17)7-18/h3-5,8,18H,1-2,6-7H2. The number of anilines is 1. The van der Waals surface area contributed by atoms with Crippen molar-refractivity contribution in [3.05, 3.63) is 28.2 Å². The van der Waals surface area contributed by atoms with E-state index in [0.717, 1.165) is 18.6 Å². The number of hydrogen-bond acceptors (Lipinski definition) is 2. The zero-order valence-corrected chi connectivity index (χ0v) is 11.1. The highest BCUT2D eigenvalue weighted by atomic mass is 79.9. The van der Waals surface area contributed by atoms with Crippen molar-refractivity contribution in [1.29, 1.82) is 0 Å². The minimum absolute atomic E-state index is 0.0800. The molecule has 0 aromatic heterocycles. The van der Waals surface area contributed by atoms with Gasteiger partial charge in [0.2, 0.25) is 0 Å². The summed E-state index contributed by atoms with van der Waals surface area (Å²) >= 11 is 3.11. The number of aliphatic hydroxyl groups is 1. The van der Waals surface area contributed by atoms with Crippen LogP contribution < -0.4 is 4.90 Å². The van der Waals surface area contributed by atoms with E-state index in [0.29, 0.717) is 23.2 Å². The van der Waals surface area contributed by atoms with Gasteiger partial charge in [0.25, 0.3) is 0 Å². The van der Waals surface area contributed by atoms with Gasteiger partial charge in [0.05, 0.1) is 5.56 Å². The van der Waals surface area contributed by atoms with Crippen LogP contribution >= 0.6 is 15.9 Å². The van der Waals surface area contributed by atoms with Crippen LogP contribution in [-0.2, 0) is 6.18 Å². The molecule has 1 N–H and O–H groups in total. The predicted molar refractivity (Wildman–Crippen MR) is 66.5 cm³/mol. The topological polar surface area (TPSA) is 23.5 Å². The van der Waals surface area contributed by atoms with E-state index >= 15 is 0 Å². The van der Waals surface area contributed by atoms with Crippen LogP contribution in [0, 0.1) is 5.92 Å². The Hall–Kier alpha value is -0.750. The van der Waals surface area contributed by atoms with Crippen LogP contribution in [0.3, 0.4) is 0 Å². The van der Waals surface area contributed by atoms with Crippen LogP contribution in [0.1, 0.15) is 12.0 Å². The second-order valence-electron chi connectivity index (χ2n) is 4.48. The molecule has 0 aliphatic carbocycles. The van der Waals surface area contributed by atoms with E-state index in [1.807, 2.05) is 4.90 Å². The van der Waals surface area contributed by atoms with E-state index in [-0.39, 0.29) is 12.5 Å². The number of alkyl halides is 3. The number of benzene rings is 1. The van der Waals surface area contributed by atoms with Gasteiger partial charge in [-0.2, -0.15) is 13.2 Å². The Morgan fingerprint density at radius 1 is 1.33 bits per heavy atom. The maximum absolute atomic E-state index is 12.7. The minimum Gasteiger partial charge on any atom is -0.396 e. The van der Waals surface area contributed by atoms with Crippen LogP contribution in [0.5, 0.6) is 0 Å². The Labute approximate surface area is 112 Å². The molecule has 1 aliphatic rings. The summed E-state index contributed by atoms with van der Waals surface area (Å²) in [5.74, 6) is 0.151. The first-order valence-corrected chi connectivity index (χ1v) is 6.43. The Bertz CT molecular complexity index is 436. The molecule has 0 spiro atoms.